The Morgan fingerprint density at radius 3 is 2.75 bits per heavy atom. The third-order valence-corrected chi connectivity index (χ3v) is 1.54. The molecule has 0 saturated heterocycles. The number of allylic oxidation sites excluding steroid dienone is 1. The highest BCUT2D eigenvalue weighted by Gasteiger charge is 2.09. The molecule has 1 unspecified atom stereocenters. The van der Waals surface area contributed by atoms with Gasteiger partial charge in [0.05, 0.1) is 6.10 Å². The van der Waals surface area contributed by atoms with E-state index < -0.39 is 0 Å². The Morgan fingerprint density at radius 2 is 2.38 bits per heavy atom. The molecule has 0 aromatic rings. The van der Waals surface area contributed by atoms with Crippen molar-refractivity contribution in [2.45, 2.75) is 25.9 Å². The van der Waals surface area contributed by atoms with Gasteiger partial charge in [-0.1, -0.05) is 19.1 Å². The van der Waals surface area contributed by atoms with Gasteiger partial charge in [-0.25, -0.2) is 0 Å². The van der Waals surface area contributed by atoms with Crippen molar-refractivity contribution in [3.63, 3.8) is 0 Å². The predicted molar refractivity (Wildman–Crippen MR) is 33.5 cm³/mol. The van der Waals surface area contributed by atoms with E-state index in [-0.39, 0.29) is 6.10 Å². The number of aliphatic hydroxyl groups excluding tert-OH is 1. The van der Waals surface area contributed by atoms with Gasteiger partial charge in [-0.15, -0.1) is 0 Å². The van der Waals surface area contributed by atoms with E-state index >= 15 is 0 Å². The van der Waals surface area contributed by atoms with Gasteiger partial charge < -0.3 is 5.11 Å². The van der Waals surface area contributed by atoms with Crippen molar-refractivity contribution < 1.29 is 5.11 Å². The van der Waals surface area contributed by atoms with Crippen LogP contribution in [0.1, 0.15) is 19.8 Å². The molecule has 1 N–H and O–H groups in total. The van der Waals surface area contributed by atoms with Crippen LogP contribution in [-0.4, -0.2) is 11.2 Å². The molecule has 2 atom stereocenters. The summed E-state index contributed by atoms with van der Waals surface area (Å²) in [5.74, 6) is 0.676. The normalized spacial score (nSPS) is 37.8. The van der Waals surface area contributed by atoms with Gasteiger partial charge in [-0.3, -0.25) is 0 Å². The van der Waals surface area contributed by atoms with E-state index in [9.17, 15) is 0 Å². The van der Waals surface area contributed by atoms with Crippen molar-refractivity contribution in [1.29, 1.82) is 0 Å². The number of hydrogen-bond acceptors (Lipinski definition) is 1. The Morgan fingerprint density at radius 1 is 1.62 bits per heavy atom. The van der Waals surface area contributed by atoms with Crippen molar-refractivity contribution in [3.05, 3.63) is 12.2 Å². The van der Waals surface area contributed by atoms with Crippen LogP contribution >= 0.6 is 0 Å². The molecule has 0 amide bonds. The van der Waals surface area contributed by atoms with Gasteiger partial charge in [0.15, 0.2) is 0 Å². The summed E-state index contributed by atoms with van der Waals surface area (Å²) in [7, 11) is 0. The van der Waals surface area contributed by atoms with Crippen LogP contribution < -0.4 is 0 Å². The van der Waals surface area contributed by atoms with Crippen LogP contribution in [0.15, 0.2) is 12.2 Å². The standard InChI is InChI=1S/C7H12O/c1-6-3-2-4-7(8)5-6/h2,4,6-8H,3,5H2,1H3/t6?,7-/m0/s1. The van der Waals surface area contributed by atoms with Crippen LogP contribution in [0.4, 0.5) is 0 Å². The number of hydrogen-bond donors (Lipinski definition) is 1. The number of aliphatic hydroxyl groups is 1. The molecule has 1 aliphatic carbocycles. The summed E-state index contributed by atoms with van der Waals surface area (Å²) in [5.41, 5.74) is 0. The van der Waals surface area contributed by atoms with Gasteiger partial charge in [0.1, 0.15) is 0 Å². The zero-order valence-electron chi connectivity index (χ0n) is 5.17. The lowest BCUT2D eigenvalue weighted by Gasteiger charge is -2.16. The molecule has 0 aromatic heterocycles. The van der Waals surface area contributed by atoms with Crippen LogP contribution in [0, 0.1) is 5.92 Å². The van der Waals surface area contributed by atoms with Gasteiger partial charge in [0, 0.05) is 0 Å². The van der Waals surface area contributed by atoms with E-state index in [0.717, 1.165) is 12.8 Å². The highest BCUT2D eigenvalue weighted by atomic mass is 16.3. The van der Waals surface area contributed by atoms with Crippen LogP contribution in [0.3, 0.4) is 0 Å². The van der Waals surface area contributed by atoms with Crippen molar-refractivity contribution in [3.8, 4) is 0 Å². The Kier molecular flexibility index (Phi) is 1.69. The highest BCUT2D eigenvalue weighted by molar-refractivity contribution is 4.95. The van der Waals surface area contributed by atoms with Gasteiger partial charge in [-0.2, -0.15) is 0 Å². The monoisotopic (exact) mass is 112 g/mol. The van der Waals surface area contributed by atoms with Gasteiger partial charge in [-0.05, 0) is 18.8 Å². The molecule has 0 radical (unpaired) electrons. The second-order valence-corrected chi connectivity index (χ2v) is 2.57. The van der Waals surface area contributed by atoms with Crippen molar-refractivity contribution in [2.24, 2.45) is 5.92 Å². The van der Waals surface area contributed by atoms with E-state index in [2.05, 4.69) is 13.0 Å². The minimum Gasteiger partial charge on any atom is -0.389 e. The van der Waals surface area contributed by atoms with E-state index in [1.165, 1.54) is 0 Å². The lowest BCUT2D eigenvalue weighted by molar-refractivity contribution is 0.183. The van der Waals surface area contributed by atoms with E-state index in [1.807, 2.05) is 6.08 Å². The quantitative estimate of drug-likeness (QED) is 0.469. The minimum atomic E-state index is -0.168. The fourth-order valence-corrected chi connectivity index (χ4v) is 1.06. The lowest BCUT2D eigenvalue weighted by atomic mass is 9.95. The first kappa shape index (κ1) is 5.83. The smallest absolute Gasteiger partial charge is 0.0723 e. The van der Waals surface area contributed by atoms with E-state index in [1.54, 1.807) is 0 Å². The first-order valence-electron chi connectivity index (χ1n) is 3.14. The minimum absolute atomic E-state index is 0.168. The average Bonchev–Trinajstić information content (AvgIpc) is 1.64. The summed E-state index contributed by atoms with van der Waals surface area (Å²) in [4.78, 5) is 0. The maximum Gasteiger partial charge on any atom is 0.0723 e. The zero-order valence-corrected chi connectivity index (χ0v) is 5.17. The largest absolute Gasteiger partial charge is 0.389 e. The third kappa shape index (κ3) is 1.34. The van der Waals surface area contributed by atoms with E-state index in [0.29, 0.717) is 5.92 Å². The predicted octanol–water partition coefficient (Wildman–Crippen LogP) is 1.33. The van der Waals surface area contributed by atoms with Gasteiger partial charge >= 0.3 is 0 Å². The summed E-state index contributed by atoms with van der Waals surface area (Å²) in [5, 5.41) is 8.99. The highest BCUT2D eigenvalue weighted by Crippen LogP contribution is 2.16. The molecule has 0 spiro atoms. The Bertz CT molecular complexity index is 96.6. The molecule has 0 heterocycles. The summed E-state index contributed by atoms with van der Waals surface area (Å²) < 4.78 is 0. The summed E-state index contributed by atoms with van der Waals surface area (Å²) >= 11 is 0. The Labute approximate surface area is 50.0 Å². The topological polar surface area (TPSA) is 20.2 Å². The SMILES string of the molecule is CC1CC=C[C@H](O)C1. The molecule has 1 aliphatic rings. The zero-order chi connectivity index (χ0) is 5.98. The maximum absolute atomic E-state index is 8.99. The molecular weight excluding hydrogens is 100 g/mol. The maximum atomic E-state index is 8.99. The molecule has 1 heteroatoms. The molecule has 0 aromatic carbocycles. The number of rotatable bonds is 0. The van der Waals surface area contributed by atoms with Crippen molar-refractivity contribution >= 4 is 0 Å². The van der Waals surface area contributed by atoms with Gasteiger partial charge in [0.2, 0.25) is 0 Å². The van der Waals surface area contributed by atoms with E-state index in [4.69, 9.17) is 5.11 Å². The van der Waals surface area contributed by atoms with Crippen molar-refractivity contribution in [2.75, 3.05) is 0 Å². The third-order valence-electron chi connectivity index (χ3n) is 1.54. The molecule has 0 bridgehead atoms. The fourth-order valence-electron chi connectivity index (χ4n) is 1.06. The second-order valence-electron chi connectivity index (χ2n) is 2.57. The molecule has 46 valence electrons. The molecular formula is C7H12O. The summed E-state index contributed by atoms with van der Waals surface area (Å²) in [6, 6.07) is 0. The van der Waals surface area contributed by atoms with Crippen LogP contribution in [0.25, 0.3) is 0 Å². The van der Waals surface area contributed by atoms with Crippen molar-refractivity contribution in [1.82, 2.24) is 0 Å². The first-order valence-corrected chi connectivity index (χ1v) is 3.14. The van der Waals surface area contributed by atoms with Gasteiger partial charge in [0.25, 0.3) is 0 Å². The molecule has 1 rings (SSSR count). The molecule has 1 nitrogen and oxygen atoms in total. The van der Waals surface area contributed by atoms with Crippen LogP contribution in [-0.2, 0) is 0 Å². The van der Waals surface area contributed by atoms with Crippen LogP contribution in [0.5, 0.6) is 0 Å². The summed E-state index contributed by atoms with van der Waals surface area (Å²) in [6.07, 6.45) is 5.84. The fraction of sp³-hybridized carbons (Fsp3) is 0.714. The first-order chi connectivity index (χ1) is 3.79. The molecule has 0 fully saturated rings. The molecule has 0 aliphatic heterocycles. The Hall–Kier alpha value is -0.300. The Balaban J connectivity index is 2.42. The molecule has 0 saturated carbocycles. The second kappa shape index (κ2) is 2.31. The lowest BCUT2D eigenvalue weighted by Crippen LogP contribution is -2.11. The molecule has 8 heavy (non-hydrogen) atoms. The van der Waals surface area contributed by atoms with Crippen LogP contribution in [0.2, 0.25) is 0 Å². The average molecular weight is 112 g/mol. The summed E-state index contributed by atoms with van der Waals surface area (Å²) in [6.45, 7) is 2.16.